The van der Waals surface area contributed by atoms with Crippen LogP contribution in [0.3, 0.4) is 0 Å². The zero-order valence-electron chi connectivity index (χ0n) is 34.9. The maximum absolute atomic E-state index is 6.92. The summed E-state index contributed by atoms with van der Waals surface area (Å²) in [7, 11) is 0. The van der Waals surface area contributed by atoms with Gasteiger partial charge in [0.15, 0.2) is 0 Å². The van der Waals surface area contributed by atoms with E-state index in [4.69, 9.17) is 4.74 Å². The molecule has 0 saturated carbocycles. The Bertz CT molecular complexity index is 3690. The van der Waals surface area contributed by atoms with Crippen LogP contribution >= 0.6 is 11.8 Å². The van der Waals surface area contributed by atoms with E-state index < -0.39 is 0 Å². The van der Waals surface area contributed by atoms with E-state index in [1.54, 1.807) is 0 Å². The summed E-state index contributed by atoms with van der Waals surface area (Å²) >= 11 is 1.92. The van der Waals surface area contributed by atoms with Crippen molar-refractivity contribution in [1.29, 1.82) is 0 Å². The lowest BCUT2D eigenvalue weighted by atomic mass is 9.90. The third kappa shape index (κ3) is 6.13. The van der Waals surface area contributed by atoms with Crippen LogP contribution in [-0.4, -0.2) is 9.13 Å². The molecule has 4 heteroatoms. The fourth-order valence-electron chi connectivity index (χ4n) is 10.1. The summed E-state index contributed by atoms with van der Waals surface area (Å²) in [6.45, 7) is 0. The van der Waals surface area contributed by atoms with Crippen molar-refractivity contribution in [2.45, 2.75) is 17.2 Å². The summed E-state index contributed by atoms with van der Waals surface area (Å²) in [5, 5.41) is 4.71. The molecule has 2 aromatic heterocycles. The monoisotopic (exact) mass is 836 g/mol. The van der Waals surface area contributed by atoms with Gasteiger partial charge >= 0.3 is 0 Å². The van der Waals surface area contributed by atoms with Gasteiger partial charge in [-0.25, -0.2) is 0 Å². The Balaban J connectivity index is 0.938. The average Bonchev–Trinajstić information content (AvgIpc) is 4.01. The van der Waals surface area contributed by atoms with E-state index in [2.05, 4.69) is 234 Å². The number of allylic oxidation sites excluding steroid dienone is 4. The molecule has 3 nitrogen and oxygen atoms in total. The number of aromatic nitrogens is 2. The third-order valence-electron chi connectivity index (χ3n) is 13.1. The fraction of sp³-hybridized carbons (Fsp3) is 0.0333. The van der Waals surface area contributed by atoms with Gasteiger partial charge in [0, 0.05) is 43.7 Å². The quantitative estimate of drug-likeness (QED) is 0.159. The predicted molar refractivity (Wildman–Crippen MR) is 269 cm³/mol. The van der Waals surface area contributed by atoms with Gasteiger partial charge in [0.25, 0.3) is 0 Å². The summed E-state index contributed by atoms with van der Waals surface area (Å²) in [6.07, 6.45) is 5.63. The largest absolute Gasteiger partial charge is 0.457 e. The van der Waals surface area contributed by atoms with Crippen LogP contribution in [0.15, 0.2) is 234 Å². The van der Waals surface area contributed by atoms with Crippen molar-refractivity contribution in [3.05, 3.63) is 235 Å². The maximum atomic E-state index is 6.92. The molecular formula is C60H40N2OS. The van der Waals surface area contributed by atoms with Gasteiger partial charge in [0.05, 0.1) is 22.1 Å². The lowest BCUT2D eigenvalue weighted by Crippen LogP contribution is -2.06. The lowest BCUT2D eigenvalue weighted by molar-refractivity contribution is 0.484. The van der Waals surface area contributed by atoms with Gasteiger partial charge in [-0.2, -0.15) is 0 Å². The van der Waals surface area contributed by atoms with Crippen LogP contribution in [0.4, 0.5) is 0 Å². The van der Waals surface area contributed by atoms with Crippen molar-refractivity contribution in [2.24, 2.45) is 0 Å². The minimum Gasteiger partial charge on any atom is -0.457 e. The highest BCUT2D eigenvalue weighted by Gasteiger charge is 2.31. The van der Waals surface area contributed by atoms with Crippen molar-refractivity contribution < 1.29 is 4.74 Å². The van der Waals surface area contributed by atoms with Gasteiger partial charge in [0.2, 0.25) is 0 Å². The van der Waals surface area contributed by atoms with Gasteiger partial charge in [-0.15, -0.1) is 0 Å². The van der Waals surface area contributed by atoms with E-state index in [1.165, 1.54) is 81.6 Å². The van der Waals surface area contributed by atoms with Crippen molar-refractivity contribution in [2.75, 3.05) is 0 Å². The van der Waals surface area contributed by atoms with Crippen LogP contribution < -0.4 is 4.74 Å². The highest BCUT2D eigenvalue weighted by Crippen LogP contribution is 2.54. The minimum absolute atomic E-state index is 0.373. The number of thioether (sulfide) groups is 1. The normalized spacial score (nSPS) is 14.5. The predicted octanol–water partition coefficient (Wildman–Crippen LogP) is 16.7. The SMILES string of the molecule is C1=C2Sc3ccccc3C2CC(n2c3ccc(Oc4ccc5c(c4)c4cc(-c6ccccc6)ccc4n5-c4cccc(-c5ccccc5)c4)cc3c3cc(-c4ccccc4)ccc32)=C1. The molecule has 11 aromatic rings. The molecule has 64 heavy (non-hydrogen) atoms. The maximum Gasteiger partial charge on any atom is 0.128 e. The van der Waals surface area contributed by atoms with Crippen molar-refractivity contribution in [3.8, 4) is 50.6 Å². The van der Waals surface area contributed by atoms with Crippen molar-refractivity contribution in [3.63, 3.8) is 0 Å². The Morgan fingerprint density at radius 1 is 0.391 bits per heavy atom. The average molecular weight is 837 g/mol. The van der Waals surface area contributed by atoms with E-state index in [9.17, 15) is 0 Å². The molecular weight excluding hydrogens is 797 g/mol. The van der Waals surface area contributed by atoms with Crippen LogP contribution in [0.5, 0.6) is 11.5 Å². The molecule has 1 aliphatic heterocycles. The van der Waals surface area contributed by atoms with Crippen molar-refractivity contribution >= 4 is 61.1 Å². The van der Waals surface area contributed by atoms with E-state index >= 15 is 0 Å². The highest BCUT2D eigenvalue weighted by atomic mass is 32.2. The second-order valence-corrected chi connectivity index (χ2v) is 18.0. The lowest BCUT2D eigenvalue weighted by Gasteiger charge is -2.21. The number of rotatable bonds is 7. The fourth-order valence-corrected chi connectivity index (χ4v) is 11.3. The highest BCUT2D eigenvalue weighted by molar-refractivity contribution is 8.03. The summed E-state index contributed by atoms with van der Waals surface area (Å²) in [5.74, 6) is 1.98. The smallest absolute Gasteiger partial charge is 0.128 e. The van der Waals surface area contributed by atoms with E-state index in [1.807, 2.05) is 11.8 Å². The van der Waals surface area contributed by atoms with Crippen LogP contribution in [0.1, 0.15) is 17.9 Å². The molecule has 1 unspecified atom stereocenters. The first-order chi connectivity index (χ1) is 31.7. The first-order valence-corrected chi connectivity index (χ1v) is 22.8. The Kier molecular flexibility index (Phi) is 8.60. The van der Waals surface area contributed by atoms with Gasteiger partial charge < -0.3 is 13.9 Å². The molecule has 13 rings (SSSR count). The number of ether oxygens (including phenoxy) is 1. The number of hydrogen-bond donors (Lipinski definition) is 0. The third-order valence-corrected chi connectivity index (χ3v) is 14.4. The molecule has 0 bridgehead atoms. The number of nitrogens with zero attached hydrogens (tertiary/aromatic N) is 2. The molecule has 0 fully saturated rings. The number of hydrogen-bond acceptors (Lipinski definition) is 2. The number of benzene rings is 9. The molecule has 0 spiro atoms. The molecule has 0 radical (unpaired) electrons. The molecule has 2 aliphatic rings. The second-order valence-electron chi connectivity index (χ2n) is 16.9. The van der Waals surface area contributed by atoms with Crippen LogP contribution in [0.2, 0.25) is 0 Å². The second kappa shape index (κ2) is 14.9. The first kappa shape index (κ1) is 36.8. The minimum atomic E-state index is 0.373. The van der Waals surface area contributed by atoms with Gasteiger partial charge in [0.1, 0.15) is 11.5 Å². The topological polar surface area (TPSA) is 19.1 Å². The van der Waals surface area contributed by atoms with Crippen LogP contribution in [-0.2, 0) is 0 Å². The van der Waals surface area contributed by atoms with Gasteiger partial charge in [-0.1, -0.05) is 145 Å². The molecule has 0 saturated heterocycles. The van der Waals surface area contributed by atoms with Crippen LogP contribution in [0, 0.1) is 0 Å². The molecule has 302 valence electrons. The van der Waals surface area contributed by atoms with Gasteiger partial charge in [-0.05, 0) is 141 Å². The van der Waals surface area contributed by atoms with E-state index in [0.717, 1.165) is 40.0 Å². The molecule has 1 atom stereocenters. The van der Waals surface area contributed by atoms with E-state index in [-0.39, 0.29) is 0 Å². The summed E-state index contributed by atoms with van der Waals surface area (Å²) in [4.78, 5) is 2.81. The summed E-state index contributed by atoms with van der Waals surface area (Å²) in [6, 6.07) is 76.6. The van der Waals surface area contributed by atoms with Crippen LogP contribution in [0.25, 0.3) is 88.4 Å². The Morgan fingerprint density at radius 2 is 0.875 bits per heavy atom. The van der Waals surface area contributed by atoms with Gasteiger partial charge in [-0.3, -0.25) is 0 Å². The Labute approximate surface area is 375 Å². The first-order valence-electron chi connectivity index (χ1n) is 22.0. The zero-order chi connectivity index (χ0) is 42.1. The summed E-state index contributed by atoms with van der Waals surface area (Å²) < 4.78 is 11.8. The Morgan fingerprint density at radius 3 is 1.47 bits per heavy atom. The molecule has 9 aromatic carbocycles. The zero-order valence-corrected chi connectivity index (χ0v) is 35.7. The summed E-state index contributed by atoms with van der Waals surface area (Å²) in [5.41, 5.74) is 15.7. The standard InChI is InChI=1S/C60H40N2OS/c1-4-13-39(14-5-1)42-19-12-20-45(33-42)61-55-28-23-43(40-15-6-2-7-16-40)34-50(55)52-37-47(26-30-57(52)61)63-48-27-31-58-53(38-48)51-35-44(41-17-8-3-9-18-41)24-29-56(51)62(58)46-25-32-60-54(36-46)49-21-10-11-22-59(49)64-60/h1-35,37-38,54H,36H2. The molecule has 3 heterocycles. The molecule has 0 N–H and O–H groups in total. The molecule has 0 amide bonds. The Hall–Kier alpha value is -7.79. The van der Waals surface area contributed by atoms with Crippen molar-refractivity contribution in [1.82, 2.24) is 9.13 Å². The molecule has 1 aliphatic carbocycles. The number of fused-ring (bicyclic) bond motifs is 9. The van der Waals surface area contributed by atoms with E-state index in [0.29, 0.717) is 5.92 Å².